The fraction of sp³-hybridized carbons (Fsp3) is 0.750. The number of nitrogens with zero attached hydrogens (tertiary/aromatic N) is 1. The Kier molecular flexibility index (Phi) is 3.61. The monoisotopic (exact) mass is 224 g/mol. The van der Waals surface area contributed by atoms with Gasteiger partial charge in [0.25, 0.3) is 0 Å². The summed E-state index contributed by atoms with van der Waals surface area (Å²) in [5, 5.41) is 11.8. The van der Waals surface area contributed by atoms with E-state index >= 15 is 0 Å². The normalized spacial score (nSPS) is 25.9. The van der Waals surface area contributed by atoms with Crippen LogP contribution in [-0.2, 0) is 4.79 Å². The van der Waals surface area contributed by atoms with Crippen LogP contribution in [0.1, 0.15) is 19.3 Å². The fourth-order valence-electron chi connectivity index (χ4n) is 2.30. The zero-order chi connectivity index (χ0) is 11.5. The van der Waals surface area contributed by atoms with Crippen molar-refractivity contribution in [3.63, 3.8) is 0 Å². The van der Waals surface area contributed by atoms with E-state index in [1.54, 1.807) is 0 Å². The van der Waals surface area contributed by atoms with Gasteiger partial charge in [0, 0.05) is 24.7 Å². The van der Waals surface area contributed by atoms with Gasteiger partial charge in [-0.25, -0.2) is 4.79 Å². The first-order valence-electron chi connectivity index (χ1n) is 6.02. The molecular weight excluding hydrogens is 204 g/mol. The lowest BCUT2D eigenvalue weighted by molar-refractivity contribution is -0.132. The van der Waals surface area contributed by atoms with Crippen LogP contribution in [0.3, 0.4) is 0 Å². The van der Waals surface area contributed by atoms with Gasteiger partial charge in [0.2, 0.25) is 0 Å². The Morgan fingerprint density at radius 2 is 2.19 bits per heavy atom. The molecule has 1 unspecified atom stereocenters. The third-order valence-corrected chi connectivity index (χ3v) is 3.45. The molecule has 90 valence electrons. The Balaban J connectivity index is 1.60. The molecule has 0 radical (unpaired) electrons. The van der Waals surface area contributed by atoms with Crippen LogP contribution in [0, 0.1) is 5.92 Å². The van der Waals surface area contributed by atoms with E-state index in [2.05, 4.69) is 16.8 Å². The molecule has 0 aromatic heterocycles. The van der Waals surface area contributed by atoms with Crippen molar-refractivity contribution in [3.8, 4) is 0 Å². The fourth-order valence-corrected chi connectivity index (χ4v) is 2.30. The molecule has 4 heteroatoms. The van der Waals surface area contributed by atoms with E-state index in [1.165, 1.54) is 32.4 Å². The maximum atomic E-state index is 10.5. The summed E-state index contributed by atoms with van der Waals surface area (Å²) in [5.74, 6) is -0.222. The second-order valence-corrected chi connectivity index (χ2v) is 4.92. The van der Waals surface area contributed by atoms with E-state index in [9.17, 15) is 4.79 Å². The van der Waals surface area contributed by atoms with Gasteiger partial charge >= 0.3 is 5.97 Å². The number of hydrogen-bond donors (Lipinski definition) is 2. The summed E-state index contributed by atoms with van der Waals surface area (Å²) in [6, 6.07) is 0.860. The van der Waals surface area contributed by atoms with Crippen molar-refractivity contribution in [2.45, 2.75) is 25.3 Å². The molecular formula is C12H20N2O2. The third-order valence-electron chi connectivity index (χ3n) is 3.45. The number of carboxylic acids is 1. The molecule has 0 amide bonds. The highest BCUT2D eigenvalue weighted by molar-refractivity contribution is 5.86. The smallest absolute Gasteiger partial charge is 0.332 e. The van der Waals surface area contributed by atoms with Crippen LogP contribution in [0.15, 0.2) is 12.2 Å². The van der Waals surface area contributed by atoms with Gasteiger partial charge in [-0.2, -0.15) is 0 Å². The first-order valence-corrected chi connectivity index (χ1v) is 6.02. The molecule has 2 aliphatic rings. The zero-order valence-electron chi connectivity index (χ0n) is 9.61. The number of rotatable bonds is 6. The number of nitrogens with one attached hydrogen (secondary N) is 1. The Morgan fingerprint density at radius 1 is 1.44 bits per heavy atom. The summed E-state index contributed by atoms with van der Waals surface area (Å²) in [5.41, 5.74) is 0.247. The summed E-state index contributed by atoms with van der Waals surface area (Å²) in [4.78, 5) is 13.1. The molecule has 1 saturated heterocycles. The topological polar surface area (TPSA) is 52.6 Å². The lowest BCUT2D eigenvalue weighted by Crippen LogP contribution is -2.29. The van der Waals surface area contributed by atoms with Crippen molar-refractivity contribution < 1.29 is 9.90 Å². The molecule has 2 rings (SSSR count). The van der Waals surface area contributed by atoms with Crippen molar-refractivity contribution >= 4 is 5.97 Å². The molecule has 16 heavy (non-hydrogen) atoms. The quantitative estimate of drug-likeness (QED) is 0.652. The predicted octanol–water partition coefficient (Wildman–Crippen LogP) is 0.701. The van der Waals surface area contributed by atoms with Crippen LogP contribution in [0.25, 0.3) is 0 Å². The number of likely N-dealkylation sites (tertiary alicyclic amines) is 1. The molecule has 1 saturated carbocycles. The molecule has 0 bridgehead atoms. The highest BCUT2D eigenvalue weighted by atomic mass is 16.4. The van der Waals surface area contributed by atoms with E-state index in [0.29, 0.717) is 12.5 Å². The summed E-state index contributed by atoms with van der Waals surface area (Å²) in [6.07, 6.45) is 3.98. The number of carboxylic acid groups (broad SMARTS) is 1. The average Bonchev–Trinajstić information content (AvgIpc) is 2.99. The Morgan fingerprint density at radius 3 is 2.81 bits per heavy atom. The highest BCUT2D eigenvalue weighted by Gasteiger charge is 2.33. The van der Waals surface area contributed by atoms with Crippen molar-refractivity contribution in [2.75, 3.05) is 26.2 Å². The Labute approximate surface area is 96.3 Å². The second kappa shape index (κ2) is 4.97. The first-order chi connectivity index (χ1) is 7.66. The number of aliphatic carboxylic acids is 1. The van der Waals surface area contributed by atoms with E-state index in [4.69, 9.17) is 5.11 Å². The van der Waals surface area contributed by atoms with Gasteiger partial charge in [-0.3, -0.25) is 0 Å². The largest absolute Gasteiger partial charge is 0.478 e. The van der Waals surface area contributed by atoms with Crippen molar-refractivity contribution in [1.82, 2.24) is 10.2 Å². The average molecular weight is 224 g/mol. The van der Waals surface area contributed by atoms with Crippen molar-refractivity contribution in [2.24, 2.45) is 5.92 Å². The van der Waals surface area contributed by atoms with Gasteiger partial charge in [-0.05, 0) is 38.3 Å². The molecule has 0 aromatic carbocycles. The number of hydrogen-bond acceptors (Lipinski definition) is 3. The van der Waals surface area contributed by atoms with E-state index in [-0.39, 0.29) is 5.57 Å². The van der Waals surface area contributed by atoms with Gasteiger partial charge < -0.3 is 15.3 Å². The lowest BCUT2D eigenvalue weighted by atomic mass is 10.1. The molecule has 2 fully saturated rings. The summed E-state index contributed by atoms with van der Waals surface area (Å²) < 4.78 is 0. The van der Waals surface area contributed by atoms with Gasteiger partial charge in [-0.15, -0.1) is 0 Å². The molecule has 0 spiro atoms. The maximum absolute atomic E-state index is 10.5. The molecule has 0 aromatic rings. The van der Waals surface area contributed by atoms with E-state index < -0.39 is 5.97 Å². The van der Waals surface area contributed by atoms with Crippen LogP contribution in [-0.4, -0.2) is 48.2 Å². The summed E-state index contributed by atoms with van der Waals surface area (Å²) in [7, 11) is 0. The van der Waals surface area contributed by atoms with Gasteiger partial charge in [0.05, 0.1) is 0 Å². The van der Waals surface area contributed by atoms with Crippen LogP contribution < -0.4 is 5.32 Å². The maximum Gasteiger partial charge on any atom is 0.332 e. The minimum atomic E-state index is -0.904. The van der Waals surface area contributed by atoms with Gasteiger partial charge in [0.1, 0.15) is 0 Å². The van der Waals surface area contributed by atoms with Crippen LogP contribution in [0.2, 0.25) is 0 Å². The third kappa shape index (κ3) is 3.06. The van der Waals surface area contributed by atoms with Crippen molar-refractivity contribution in [1.29, 1.82) is 0 Å². The molecule has 1 aliphatic heterocycles. The summed E-state index contributed by atoms with van der Waals surface area (Å²) in [6.45, 7) is 7.21. The Bertz CT molecular complexity index is 287. The zero-order valence-corrected chi connectivity index (χ0v) is 9.61. The first kappa shape index (κ1) is 11.6. The molecule has 2 N–H and O–H groups in total. The van der Waals surface area contributed by atoms with E-state index in [1.807, 2.05) is 0 Å². The van der Waals surface area contributed by atoms with Crippen LogP contribution in [0.5, 0.6) is 0 Å². The molecule has 1 aliphatic carbocycles. The molecule has 1 atom stereocenters. The highest BCUT2D eigenvalue weighted by Crippen LogP contribution is 2.31. The number of carbonyl (C=O) groups is 1. The molecule has 1 heterocycles. The van der Waals surface area contributed by atoms with Gasteiger partial charge in [0.15, 0.2) is 0 Å². The van der Waals surface area contributed by atoms with Gasteiger partial charge in [-0.1, -0.05) is 6.58 Å². The minimum Gasteiger partial charge on any atom is -0.478 e. The van der Waals surface area contributed by atoms with Crippen molar-refractivity contribution in [3.05, 3.63) is 12.2 Å². The molecule has 4 nitrogen and oxygen atoms in total. The van der Waals surface area contributed by atoms with E-state index in [0.717, 1.165) is 12.6 Å². The SMILES string of the molecule is C=C(CNCC1CCN(C2CC2)C1)C(=O)O. The van der Waals surface area contributed by atoms with Crippen LogP contribution in [0.4, 0.5) is 0 Å². The lowest BCUT2D eigenvalue weighted by Gasteiger charge is -2.15. The van der Waals surface area contributed by atoms with Crippen LogP contribution >= 0.6 is 0 Å². The standard InChI is InChI=1S/C12H20N2O2/c1-9(12(15)16)6-13-7-10-4-5-14(8-10)11-2-3-11/h10-11,13H,1-8H2,(H,15,16). The minimum absolute atomic E-state index is 0.247. The summed E-state index contributed by atoms with van der Waals surface area (Å²) >= 11 is 0. The second-order valence-electron chi connectivity index (χ2n) is 4.92. The predicted molar refractivity (Wildman–Crippen MR) is 62.3 cm³/mol. The Hall–Kier alpha value is -0.870.